The van der Waals surface area contributed by atoms with E-state index in [0.717, 1.165) is 48.0 Å². The fourth-order valence-electron chi connectivity index (χ4n) is 4.23. The molecular weight excluding hydrogens is 392 g/mol. The molecule has 0 spiro atoms. The highest BCUT2D eigenvalue weighted by atomic mass is 16.5. The molecule has 4 rings (SSSR count). The number of hydrogen-bond acceptors (Lipinski definition) is 5. The predicted octanol–water partition coefficient (Wildman–Crippen LogP) is 4.21. The summed E-state index contributed by atoms with van der Waals surface area (Å²) in [6.07, 6.45) is 3.24. The minimum Gasteiger partial charge on any atom is -0.423 e. The van der Waals surface area contributed by atoms with E-state index in [4.69, 9.17) is 9.15 Å². The number of piperidine rings is 1. The number of aryl methyl sites for hydroxylation is 1. The lowest BCUT2D eigenvalue weighted by Crippen LogP contribution is -2.47. The van der Waals surface area contributed by atoms with Gasteiger partial charge in [-0.1, -0.05) is 24.3 Å². The first-order chi connectivity index (χ1) is 15.1. The van der Waals surface area contributed by atoms with Gasteiger partial charge in [-0.15, -0.1) is 0 Å². The number of anilines is 1. The number of nitrogens with one attached hydrogen (secondary N) is 1. The molecule has 6 heteroatoms. The number of benzene rings is 2. The Hall–Kier alpha value is -3.12. The zero-order valence-electron chi connectivity index (χ0n) is 18.0. The summed E-state index contributed by atoms with van der Waals surface area (Å²) in [5.41, 5.74) is 3.72. The molecule has 1 saturated heterocycles. The van der Waals surface area contributed by atoms with Gasteiger partial charge < -0.3 is 19.4 Å². The van der Waals surface area contributed by atoms with Crippen LogP contribution in [0.5, 0.6) is 0 Å². The Morgan fingerprint density at radius 1 is 1.10 bits per heavy atom. The molecule has 1 unspecified atom stereocenters. The average molecular weight is 421 g/mol. The molecule has 0 bridgehead atoms. The number of amides is 1. The molecule has 0 radical (unpaired) electrons. The van der Waals surface area contributed by atoms with Gasteiger partial charge in [0, 0.05) is 49.0 Å². The van der Waals surface area contributed by atoms with Crippen LogP contribution < -0.4 is 10.9 Å². The zero-order chi connectivity index (χ0) is 21.8. The standard InChI is InChI=1S/C25H28N2O4/c1-17-8-4-5-9-19(17)21-15-24(28)31-23-14-18(10-11-20(21)23)26-22(16-30-2)25(29)27-12-6-3-7-13-27/h4-5,8-11,14-15,22,26H,3,6-7,12-13,16H2,1-2H3. The maximum absolute atomic E-state index is 13.0. The van der Waals surface area contributed by atoms with Crippen LogP contribution in [0, 0.1) is 6.92 Å². The van der Waals surface area contributed by atoms with Crippen molar-refractivity contribution in [2.75, 3.05) is 32.1 Å². The van der Waals surface area contributed by atoms with Crippen LogP contribution in [0.25, 0.3) is 22.1 Å². The third kappa shape index (κ3) is 4.64. The maximum atomic E-state index is 13.0. The molecule has 1 aliphatic heterocycles. The van der Waals surface area contributed by atoms with Gasteiger partial charge in [-0.25, -0.2) is 4.79 Å². The van der Waals surface area contributed by atoms with Gasteiger partial charge in [-0.05, 0) is 49.4 Å². The summed E-state index contributed by atoms with van der Waals surface area (Å²) in [6, 6.07) is 14.6. The summed E-state index contributed by atoms with van der Waals surface area (Å²) in [6.45, 7) is 3.86. The van der Waals surface area contributed by atoms with Crippen molar-refractivity contribution in [2.24, 2.45) is 0 Å². The number of nitrogens with zero attached hydrogens (tertiary/aromatic N) is 1. The number of fused-ring (bicyclic) bond motifs is 1. The monoisotopic (exact) mass is 420 g/mol. The Kier molecular flexibility index (Phi) is 6.37. The number of hydrogen-bond donors (Lipinski definition) is 1. The number of ether oxygens (including phenoxy) is 1. The summed E-state index contributed by atoms with van der Waals surface area (Å²) < 4.78 is 10.8. The van der Waals surface area contributed by atoms with E-state index >= 15 is 0 Å². The van der Waals surface area contributed by atoms with E-state index < -0.39 is 11.7 Å². The minimum atomic E-state index is -0.494. The first-order valence-corrected chi connectivity index (χ1v) is 10.7. The minimum absolute atomic E-state index is 0.0387. The Bertz CT molecular complexity index is 1130. The van der Waals surface area contributed by atoms with E-state index in [0.29, 0.717) is 11.3 Å². The molecule has 6 nitrogen and oxygen atoms in total. The van der Waals surface area contributed by atoms with Gasteiger partial charge in [0.25, 0.3) is 0 Å². The normalized spacial score (nSPS) is 15.1. The maximum Gasteiger partial charge on any atom is 0.336 e. The largest absolute Gasteiger partial charge is 0.423 e. The van der Waals surface area contributed by atoms with Gasteiger partial charge in [0.05, 0.1) is 6.61 Å². The van der Waals surface area contributed by atoms with Crippen LogP contribution in [-0.2, 0) is 9.53 Å². The number of carbonyl (C=O) groups is 1. The highest BCUT2D eigenvalue weighted by Crippen LogP contribution is 2.31. The molecule has 1 amide bonds. The summed E-state index contributed by atoms with van der Waals surface area (Å²) in [5, 5.41) is 4.13. The Balaban J connectivity index is 1.66. The molecule has 1 aromatic heterocycles. The molecule has 3 aromatic rings. The van der Waals surface area contributed by atoms with E-state index in [2.05, 4.69) is 5.32 Å². The highest BCUT2D eigenvalue weighted by Gasteiger charge is 2.25. The lowest BCUT2D eigenvalue weighted by Gasteiger charge is -2.31. The van der Waals surface area contributed by atoms with Gasteiger partial charge in [-0.2, -0.15) is 0 Å². The van der Waals surface area contributed by atoms with Crippen molar-refractivity contribution in [3.8, 4) is 11.1 Å². The lowest BCUT2D eigenvalue weighted by atomic mass is 9.98. The Morgan fingerprint density at radius 2 is 1.87 bits per heavy atom. The van der Waals surface area contributed by atoms with Gasteiger partial charge in [0.2, 0.25) is 5.91 Å². The van der Waals surface area contributed by atoms with E-state index in [9.17, 15) is 9.59 Å². The van der Waals surface area contributed by atoms with E-state index in [1.54, 1.807) is 13.2 Å². The number of rotatable bonds is 6. The van der Waals surface area contributed by atoms with Gasteiger partial charge in [0.1, 0.15) is 11.6 Å². The summed E-state index contributed by atoms with van der Waals surface area (Å²) in [5.74, 6) is 0.0387. The third-order valence-corrected chi connectivity index (χ3v) is 5.82. The highest BCUT2D eigenvalue weighted by molar-refractivity contribution is 5.95. The number of carbonyl (C=O) groups excluding carboxylic acids is 1. The smallest absolute Gasteiger partial charge is 0.336 e. The van der Waals surface area contributed by atoms with Crippen LogP contribution in [0.15, 0.2) is 57.7 Å². The summed E-state index contributed by atoms with van der Waals surface area (Å²) >= 11 is 0. The van der Waals surface area contributed by atoms with Crippen LogP contribution in [0.2, 0.25) is 0 Å². The van der Waals surface area contributed by atoms with Gasteiger partial charge >= 0.3 is 5.63 Å². The van der Waals surface area contributed by atoms with Crippen molar-refractivity contribution in [1.29, 1.82) is 0 Å². The average Bonchev–Trinajstić information content (AvgIpc) is 2.78. The summed E-state index contributed by atoms with van der Waals surface area (Å²) in [7, 11) is 1.59. The van der Waals surface area contributed by atoms with Crippen LogP contribution in [0.3, 0.4) is 0 Å². The number of methoxy groups -OCH3 is 1. The van der Waals surface area contributed by atoms with Gasteiger partial charge in [0.15, 0.2) is 0 Å². The van der Waals surface area contributed by atoms with E-state index in [-0.39, 0.29) is 12.5 Å². The van der Waals surface area contributed by atoms with Crippen molar-refractivity contribution in [3.63, 3.8) is 0 Å². The first kappa shape index (κ1) is 21.1. The summed E-state index contributed by atoms with van der Waals surface area (Å²) in [4.78, 5) is 27.2. The zero-order valence-corrected chi connectivity index (χ0v) is 18.0. The molecule has 1 N–H and O–H groups in total. The van der Waals surface area contributed by atoms with Crippen LogP contribution in [-0.4, -0.2) is 43.7 Å². The topological polar surface area (TPSA) is 71.8 Å². The van der Waals surface area contributed by atoms with Crippen LogP contribution in [0.1, 0.15) is 24.8 Å². The van der Waals surface area contributed by atoms with Crippen molar-refractivity contribution in [1.82, 2.24) is 4.90 Å². The molecule has 2 heterocycles. The van der Waals surface area contributed by atoms with Gasteiger partial charge in [-0.3, -0.25) is 4.79 Å². The molecule has 0 saturated carbocycles. The second-order valence-electron chi connectivity index (χ2n) is 8.04. The van der Waals surface area contributed by atoms with E-state index in [1.807, 2.05) is 48.2 Å². The second kappa shape index (κ2) is 9.35. The molecule has 31 heavy (non-hydrogen) atoms. The molecule has 162 valence electrons. The molecule has 1 fully saturated rings. The molecule has 0 aliphatic carbocycles. The fraction of sp³-hybridized carbons (Fsp3) is 0.360. The van der Waals surface area contributed by atoms with Crippen LogP contribution >= 0.6 is 0 Å². The quantitative estimate of drug-likeness (QED) is 0.605. The third-order valence-electron chi connectivity index (χ3n) is 5.82. The second-order valence-corrected chi connectivity index (χ2v) is 8.04. The van der Waals surface area contributed by atoms with Crippen molar-refractivity contribution >= 4 is 22.6 Å². The Morgan fingerprint density at radius 3 is 2.61 bits per heavy atom. The van der Waals surface area contributed by atoms with Crippen molar-refractivity contribution in [3.05, 3.63) is 64.5 Å². The Labute approximate surface area is 181 Å². The molecule has 2 aromatic carbocycles. The molecule has 1 atom stereocenters. The predicted molar refractivity (Wildman–Crippen MR) is 122 cm³/mol. The van der Waals surface area contributed by atoms with Crippen molar-refractivity contribution in [2.45, 2.75) is 32.2 Å². The molecular formula is C25H28N2O4. The van der Waals surface area contributed by atoms with Crippen molar-refractivity contribution < 1.29 is 13.9 Å². The van der Waals surface area contributed by atoms with Crippen LogP contribution in [0.4, 0.5) is 5.69 Å². The fourth-order valence-corrected chi connectivity index (χ4v) is 4.23. The number of likely N-dealkylation sites (tertiary alicyclic amines) is 1. The molecule has 1 aliphatic rings. The first-order valence-electron chi connectivity index (χ1n) is 10.7. The lowest BCUT2D eigenvalue weighted by molar-refractivity contribution is -0.134. The van der Waals surface area contributed by atoms with E-state index in [1.165, 1.54) is 12.5 Å². The SMILES string of the molecule is COCC(Nc1ccc2c(-c3ccccc3C)cc(=O)oc2c1)C(=O)N1CCCCC1.